The van der Waals surface area contributed by atoms with E-state index in [2.05, 4.69) is 10.3 Å². The van der Waals surface area contributed by atoms with Gasteiger partial charge >= 0.3 is 0 Å². The van der Waals surface area contributed by atoms with Gasteiger partial charge in [0.15, 0.2) is 11.6 Å². The quantitative estimate of drug-likeness (QED) is 0.856. The summed E-state index contributed by atoms with van der Waals surface area (Å²) in [5, 5.41) is 2.86. The molecule has 0 spiro atoms. The van der Waals surface area contributed by atoms with Crippen LogP contribution in [0.2, 0.25) is 5.15 Å². The highest BCUT2D eigenvalue weighted by Gasteiger charge is 2.10. The van der Waals surface area contributed by atoms with Crippen molar-refractivity contribution < 1.29 is 13.6 Å². The second-order valence-electron chi connectivity index (χ2n) is 3.91. The third-order valence-electron chi connectivity index (χ3n) is 2.45. The van der Waals surface area contributed by atoms with Crippen LogP contribution in [0.4, 0.5) is 14.5 Å². The highest BCUT2D eigenvalue weighted by molar-refractivity contribution is 6.30. The minimum absolute atomic E-state index is 0.0199. The molecule has 0 atom stereocenters. The number of halogens is 3. The number of amides is 1. The topological polar surface area (TPSA) is 42.0 Å². The van der Waals surface area contributed by atoms with Crippen LogP contribution in [-0.2, 0) is 0 Å². The van der Waals surface area contributed by atoms with Crippen molar-refractivity contribution in [2.75, 3.05) is 5.32 Å². The van der Waals surface area contributed by atoms with E-state index in [0.717, 1.165) is 12.1 Å². The Morgan fingerprint density at radius 2 is 2.00 bits per heavy atom. The number of benzene rings is 1. The fourth-order valence-electron chi connectivity index (χ4n) is 1.47. The Kier molecular flexibility index (Phi) is 3.76. The first-order valence-corrected chi connectivity index (χ1v) is 5.73. The molecule has 98 valence electrons. The molecule has 1 amide bonds. The molecule has 0 bridgehead atoms. The van der Waals surface area contributed by atoms with Crippen molar-refractivity contribution in [3.8, 4) is 0 Å². The van der Waals surface area contributed by atoms with Gasteiger partial charge in [-0.1, -0.05) is 11.6 Å². The number of aromatic nitrogens is 1. The number of anilines is 1. The lowest BCUT2D eigenvalue weighted by Gasteiger charge is -2.06. The van der Waals surface area contributed by atoms with E-state index in [1.807, 2.05) is 0 Å². The molecular formula is C13H9ClF2N2O. The van der Waals surface area contributed by atoms with Gasteiger partial charge in [-0.2, -0.15) is 0 Å². The van der Waals surface area contributed by atoms with Crippen molar-refractivity contribution in [1.82, 2.24) is 4.98 Å². The van der Waals surface area contributed by atoms with Crippen molar-refractivity contribution in [2.45, 2.75) is 6.92 Å². The van der Waals surface area contributed by atoms with Crippen molar-refractivity contribution >= 4 is 23.2 Å². The van der Waals surface area contributed by atoms with Gasteiger partial charge in [0.2, 0.25) is 0 Å². The molecule has 0 saturated carbocycles. The summed E-state index contributed by atoms with van der Waals surface area (Å²) in [4.78, 5) is 15.7. The van der Waals surface area contributed by atoms with Crippen LogP contribution in [0.1, 0.15) is 15.9 Å². The lowest BCUT2D eigenvalue weighted by Crippen LogP contribution is -2.12. The molecule has 0 aliphatic heterocycles. The molecule has 0 aliphatic carbocycles. The number of nitrogens with one attached hydrogen (secondary N) is 1. The smallest absolute Gasteiger partial charge is 0.255 e. The van der Waals surface area contributed by atoms with Crippen LogP contribution in [0, 0.1) is 18.6 Å². The number of pyridine rings is 1. The zero-order valence-corrected chi connectivity index (χ0v) is 10.6. The molecule has 2 rings (SSSR count). The monoisotopic (exact) mass is 282 g/mol. The Balaban J connectivity index is 2.20. The van der Waals surface area contributed by atoms with Gasteiger partial charge in [0, 0.05) is 5.56 Å². The predicted molar refractivity (Wildman–Crippen MR) is 68.3 cm³/mol. The normalized spacial score (nSPS) is 10.3. The zero-order valence-electron chi connectivity index (χ0n) is 9.88. The molecule has 0 radical (unpaired) electrons. The summed E-state index contributed by atoms with van der Waals surface area (Å²) in [6, 6.07) is 4.56. The minimum atomic E-state index is -1.07. The fraction of sp³-hybridized carbons (Fsp3) is 0.0769. The second-order valence-corrected chi connectivity index (χ2v) is 4.27. The first kappa shape index (κ1) is 13.4. The van der Waals surface area contributed by atoms with Crippen molar-refractivity contribution in [2.24, 2.45) is 0 Å². The van der Waals surface area contributed by atoms with Crippen LogP contribution in [0.3, 0.4) is 0 Å². The lowest BCUT2D eigenvalue weighted by atomic mass is 10.2. The molecule has 3 nitrogen and oxygen atoms in total. The third kappa shape index (κ3) is 3.06. The Morgan fingerprint density at radius 3 is 2.63 bits per heavy atom. The van der Waals surface area contributed by atoms with E-state index in [0.29, 0.717) is 16.4 Å². The van der Waals surface area contributed by atoms with Gasteiger partial charge < -0.3 is 5.32 Å². The average molecular weight is 283 g/mol. The molecule has 2 aromatic rings. The summed E-state index contributed by atoms with van der Waals surface area (Å²) in [7, 11) is 0. The maximum Gasteiger partial charge on any atom is 0.255 e. The number of aryl methyl sites for hydroxylation is 1. The van der Waals surface area contributed by atoms with Gasteiger partial charge in [0.1, 0.15) is 5.15 Å². The van der Waals surface area contributed by atoms with Gasteiger partial charge in [-0.25, -0.2) is 13.8 Å². The Bertz CT molecular complexity index is 647. The maximum atomic E-state index is 13.0. The Labute approximate surface area is 113 Å². The number of carbonyl (C=O) groups excluding carboxylic acids is 1. The summed E-state index contributed by atoms with van der Waals surface area (Å²) in [6.45, 7) is 1.74. The molecule has 1 aromatic carbocycles. The summed E-state index contributed by atoms with van der Waals surface area (Å²) >= 11 is 5.76. The number of hydrogen-bond acceptors (Lipinski definition) is 2. The molecule has 6 heteroatoms. The average Bonchev–Trinajstić information content (AvgIpc) is 2.37. The Morgan fingerprint density at radius 1 is 1.26 bits per heavy atom. The van der Waals surface area contributed by atoms with Gasteiger partial charge in [0.25, 0.3) is 5.91 Å². The van der Waals surface area contributed by atoms with Crippen LogP contribution in [0.15, 0.2) is 30.5 Å². The van der Waals surface area contributed by atoms with Crippen LogP contribution in [0.25, 0.3) is 0 Å². The van der Waals surface area contributed by atoms with E-state index >= 15 is 0 Å². The molecule has 19 heavy (non-hydrogen) atoms. The van der Waals surface area contributed by atoms with Crippen LogP contribution >= 0.6 is 11.6 Å². The summed E-state index contributed by atoms with van der Waals surface area (Å²) in [5.41, 5.74) is 1.15. The van der Waals surface area contributed by atoms with E-state index in [1.54, 1.807) is 13.0 Å². The largest absolute Gasteiger partial charge is 0.321 e. The third-order valence-corrected chi connectivity index (χ3v) is 2.85. The lowest BCUT2D eigenvalue weighted by molar-refractivity contribution is 0.102. The summed E-state index contributed by atoms with van der Waals surface area (Å²) in [6.07, 6.45) is 1.38. The SMILES string of the molecule is Cc1cc(NC(=O)c2ccc(F)c(F)c2)cnc1Cl. The first-order chi connectivity index (χ1) is 8.97. The van der Waals surface area contributed by atoms with Crippen molar-refractivity contribution in [3.63, 3.8) is 0 Å². The van der Waals surface area contributed by atoms with Gasteiger partial charge in [0.05, 0.1) is 11.9 Å². The fourth-order valence-corrected chi connectivity index (χ4v) is 1.57. The molecule has 1 heterocycles. The summed E-state index contributed by atoms with van der Waals surface area (Å²) in [5.74, 6) is -2.62. The van der Waals surface area contributed by atoms with E-state index in [4.69, 9.17) is 11.6 Å². The van der Waals surface area contributed by atoms with Crippen molar-refractivity contribution in [3.05, 3.63) is 58.4 Å². The van der Waals surface area contributed by atoms with E-state index in [1.165, 1.54) is 12.3 Å². The van der Waals surface area contributed by atoms with Gasteiger partial charge in [-0.05, 0) is 36.8 Å². The highest BCUT2D eigenvalue weighted by atomic mass is 35.5. The molecular weight excluding hydrogens is 274 g/mol. The predicted octanol–water partition coefficient (Wildman–Crippen LogP) is 3.57. The van der Waals surface area contributed by atoms with Gasteiger partial charge in [-0.15, -0.1) is 0 Å². The minimum Gasteiger partial charge on any atom is -0.321 e. The summed E-state index contributed by atoms with van der Waals surface area (Å²) < 4.78 is 25.8. The number of rotatable bonds is 2. The van der Waals surface area contributed by atoms with E-state index in [9.17, 15) is 13.6 Å². The first-order valence-electron chi connectivity index (χ1n) is 5.36. The van der Waals surface area contributed by atoms with E-state index < -0.39 is 17.5 Å². The molecule has 0 unspecified atom stereocenters. The molecule has 0 aliphatic rings. The highest BCUT2D eigenvalue weighted by Crippen LogP contribution is 2.17. The van der Waals surface area contributed by atoms with Crippen LogP contribution < -0.4 is 5.32 Å². The standard InChI is InChI=1S/C13H9ClF2N2O/c1-7-4-9(6-17-12(7)14)18-13(19)8-2-3-10(15)11(16)5-8/h2-6H,1H3,(H,18,19). The Hall–Kier alpha value is -2.01. The van der Waals surface area contributed by atoms with E-state index in [-0.39, 0.29) is 5.56 Å². The second kappa shape index (κ2) is 5.32. The number of nitrogens with zero attached hydrogens (tertiary/aromatic N) is 1. The van der Waals surface area contributed by atoms with Crippen LogP contribution in [0.5, 0.6) is 0 Å². The van der Waals surface area contributed by atoms with Crippen LogP contribution in [-0.4, -0.2) is 10.9 Å². The number of hydrogen-bond donors (Lipinski definition) is 1. The van der Waals surface area contributed by atoms with Gasteiger partial charge in [-0.3, -0.25) is 4.79 Å². The van der Waals surface area contributed by atoms with Crippen molar-refractivity contribution in [1.29, 1.82) is 0 Å². The number of carbonyl (C=O) groups is 1. The molecule has 0 fully saturated rings. The molecule has 1 N–H and O–H groups in total. The zero-order chi connectivity index (χ0) is 14.0. The maximum absolute atomic E-state index is 13.0. The molecule has 0 saturated heterocycles. The molecule has 1 aromatic heterocycles.